The molecule has 0 aromatic carbocycles. The van der Waals surface area contributed by atoms with Crippen molar-refractivity contribution in [2.75, 3.05) is 11.9 Å². The number of pyridine rings is 1. The zero-order valence-corrected chi connectivity index (χ0v) is 10.2. The van der Waals surface area contributed by atoms with Gasteiger partial charge in [-0.05, 0) is 17.9 Å². The number of aromatic carboxylic acids is 1. The van der Waals surface area contributed by atoms with Gasteiger partial charge in [-0.25, -0.2) is 14.2 Å². The Morgan fingerprint density at radius 2 is 2.24 bits per heavy atom. The fourth-order valence-electron chi connectivity index (χ4n) is 1.18. The monoisotopic (exact) mass is 240 g/mol. The van der Waals surface area contributed by atoms with Gasteiger partial charge in [-0.3, -0.25) is 0 Å². The number of nitrogens with zero attached hydrogens (tertiary/aromatic N) is 1. The van der Waals surface area contributed by atoms with Gasteiger partial charge in [-0.15, -0.1) is 0 Å². The molecule has 94 valence electrons. The SMILES string of the molecule is CCC(C)(C)CNc1nccc(C(=O)O)c1F. The van der Waals surface area contributed by atoms with E-state index in [9.17, 15) is 9.18 Å². The Balaban J connectivity index is 2.86. The molecule has 0 aliphatic rings. The molecule has 17 heavy (non-hydrogen) atoms. The van der Waals surface area contributed by atoms with Crippen molar-refractivity contribution in [3.05, 3.63) is 23.6 Å². The lowest BCUT2D eigenvalue weighted by Gasteiger charge is -2.23. The first-order chi connectivity index (χ1) is 7.87. The predicted molar refractivity (Wildman–Crippen MR) is 63.7 cm³/mol. The third-order valence-corrected chi connectivity index (χ3v) is 2.81. The maximum atomic E-state index is 13.7. The second-order valence-electron chi connectivity index (χ2n) is 4.70. The number of nitrogens with one attached hydrogen (secondary N) is 1. The zero-order valence-electron chi connectivity index (χ0n) is 10.2. The summed E-state index contributed by atoms with van der Waals surface area (Å²) < 4.78 is 13.7. The molecule has 0 radical (unpaired) electrons. The van der Waals surface area contributed by atoms with E-state index in [1.54, 1.807) is 0 Å². The highest BCUT2D eigenvalue weighted by Gasteiger charge is 2.18. The number of anilines is 1. The third kappa shape index (κ3) is 3.41. The molecule has 0 unspecified atom stereocenters. The lowest BCUT2D eigenvalue weighted by atomic mass is 9.90. The molecule has 1 aromatic heterocycles. The topological polar surface area (TPSA) is 62.2 Å². The Hall–Kier alpha value is -1.65. The van der Waals surface area contributed by atoms with Gasteiger partial charge >= 0.3 is 5.97 Å². The number of carboxylic acid groups (broad SMARTS) is 1. The van der Waals surface area contributed by atoms with Crippen LogP contribution in [0, 0.1) is 11.2 Å². The van der Waals surface area contributed by atoms with Crippen molar-refractivity contribution in [1.29, 1.82) is 0 Å². The van der Waals surface area contributed by atoms with Crippen LogP contribution in [0.5, 0.6) is 0 Å². The third-order valence-electron chi connectivity index (χ3n) is 2.81. The summed E-state index contributed by atoms with van der Waals surface area (Å²) in [6, 6.07) is 1.15. The van der Waals surface area contributed by atoms with Gasteiger partial charge in [0.15, 0.2) is 11.6 Å². The minimum absolute atomic E-state index is 0.00729. The van der Waals surface area contributed by atoms with Crippen LogP contribution in [0.25, 0.3) is 0 Å². The highest BCUT2D eigenvalue weighted by atomic mass is 19.1. The van der Waals surface area contributed by atoms with Crippen molar-refractivity contribution in [2.24, 2.45) is 5.41 Å². The summed E-state index contributed by atoms with van der Waals surface area (Å²) in [4.78, 5) is 14.5. The molecular formula is C12H17FN2O2. The van der Waals surface area contributed by atoms with Crippen LogP contribution in [0.1, 0.15) is 37.6 Å². The van der Waals surface area contributed by atoms with Gasteiger partial charge in [0.25, 0.3) is 0 Å². The van der Waals surface area contributed by atoms with Crippen LogP contribution >= 0.6 is 0 Å². The molecule has 1 aromatic rings. The average Bonchev–Trinajstić information content (AvgIpc) is 2.27. The van der Waals surface area contributed by atoms with Crippen molar-refractivity contribution in [3.63, 3.8) is 0 Å². The molecule has 2 N–H and O–H groups in total. The second-order valence-corrected chi connectivity index (χ2v) is 4.70. The van der Waals surface area contributed by atoms with Crippen molar-refractivity contribution in [2.45, 2.75) is 27.2 Å². The maximum Gasteiger partial charge on any atom is 0.338 e. The molecule has 4 nitrogen and oxygen atoms in total. The molecule has 1 heterocycles. The smallest absolute Gasteiger partial charge is 0.338 e. The molecule has 0 spiro atoms. The Labute approximate surface area is 99.9 Å². The number of hydrogen-bond donors (Lipinski definition) is 2. The van der Waals surface area contributed by atoms with Crippen LogP contribution in [0.2, 0.25) is 0 Å². The highest BCUT2D eigenvalue weighted by molar-refractivity contribution is 5.88. The van der Waals surface area contributed by atoms with Crippen LogP contribution < -0.4 is 5.32 Å². The largest absolute Gasteiger partial charge is 0.478 e. The summed E-state index contributed by atoms with van der Waals surface area (Å²) in [5.41, 5.74) is -0.357. The number of carboxylic acids is 1. The number of aromatic nitrogens is 1. The highest BCUT2D eigenvalue weighted by Crippen LogP contribution is 2.21. The fourth-order valence-corrected chi connectivity index (χ4v) is 1.18. The van der Waals surface area contributed by atoms with Crippen LogP contribution in [-0.2, 0) is 0 Å². The lowest BCUT2D eigenvalue weighted by molar-refractivity contribution is 0.0692. The summed E-state index contributed by atoms with van der Waals surface area (Å²) in [6.07, 6.45) is 2.22. The Morgan fingerprint density at radius 3 is 2.76 bits per heavy atom. The summed E-state index contributed by atoms with van der Waals surface area (Å²) >= 11 is 0. The molecule has 0 atom stereocenters. The molecule has 0 aliphatic carbocycles. The van der Waals surface area contributed by atoms with Crippen LogP contribution in [0.3, 0.4) is 0 Å². The van der Waals surface area contributed by atoms with Gasteiger partial charge in [-0.2, -0.15) is 0 Å². The van der Waals surface area contributed by atoms with Crippen LogP contribution in [0.15, 0.2) is 12.3 Å². The molecule has 5 heteroatoms. The van der Waals surface area contributed by atoms with Gasteiger partial charge in [0.2, 0.25) is 0 Å². The van der Waals surface area contributed by atoms with Gasteiger partial charge in [-0.1, -0.05) is 20.8 Å². The summed E-state index contributed by atoms with van der Waals surface area (Å²) in [5, 5.41) is 11.6. The molecule has 0 amide bonds. The lowest BCUT2D eigenvalue weighted by Crippen LogP contribution is -2.23. The molecule has 0 saturated heterocycles. The second kappa shape index (κ2) is 5.12. The Kier molecular flexibility index (Phi) is 4.04. The molecule has 1 rings (SSSR count). The van der Waals surface area contributed by atoms with E-state index in [-0.39, 0.29) is 16.8 Å². The number of halogens is 1. The van der Waals surface area contributed by atoms with Gasteiger partial charge in [0.05, 0.1) is 0 Å². The molecular weight excluding hydrogens is 223 g/mol. The summed E-state index contributed by atoms with van der Waals surface area (Å²) in [7, 11) is 0. The number of carbonyl (C=O) groups is 1. The van der Waals surface area contributed by atoms with E-state index in [2.05, 4.69) is 10.3 Å². The minimum atomic E-state index is -1.29. The summed E-state index contributed by atoms with van der Waals surface area (Å²) in [6.45, 7) is 6.66. The first-order valence-corrected chi connectivity index (χ1v) is 5.49. The van der Waals surface area contributed by atoms with Crippen molar-refractivity contribution in [3.8, 4) is 0 Å². The van der Waals surface area contributed by atoms with Crippen molar-refractivity contribution < 1.29 is 14.3 Å². The van der Waals surface area contributed by atoms with Gasteiger partial charge in [0.1, 0.15) is 5.56 Å². The molecule has 0 bridgehead atoms. The van der Waals surface area contributed by atoms with E-state index < -0.39 is 11.8 Å². The zero-order chi connectivity index (χ0) is 13.1. The van der Waals surface area contributed by atoms with E-state index in [0.717, 1.165) is 12.5 Å². The van der Waals surface area contributed by atoms with E-state index in [0.29, 0.717) is 6.54 Å². The maximum absolute atomic E-state index is 13.7. The quantitative estimate of drug-likeness (QED) is 0.830. The van der Waals surface area contributed by atoms with Gasteiger partial charge < -0.3 is 10.4 Å². The van der Waals surface area contributed by atoms with E-state index in [4.69, 9.17) is 5.11 Å². The van der Waals surface area contributed by atoms with Crippen LogP contribution in [-0.4, -0.2) is 22.6 Å². The number of hydrogen-bond acceptors (Lipinski definition) is 3. The standard InChI is InChI=1S/C12H17FN2O2/c1-4-12(2,3)7-15-10-9(13)8(11(16)17)5-6-14-10/h5-6H,4,7H2,1-3H3,(H,14,15)(H,16,17). The van der Waals surface area contributed by atoms with Crippen molar-refractivity contribution >= 4 is 11.8 Å². The number of rotatable bonds is 5. The molecule has 0 fully saturated rings. The predicted octanol–water partition coefficient (Wildman–Crippen LogP) is 2.77. The van der Waals surface area contributed by atoms with E-state index in [1.165, 1.54) is 6.20 Å². The minimum Gasteiger partial charge on any atom is -0.478 e. The fraction of sp³-hybridized carbons (Fsp3) is 0.500. The summed E-state index contributed by atoms with van der Waals surface area (Å²) in [5.74, 6) is -2.11. The Morgan fingerprint density at radius 1 is 1.59 bits per heavy atom. The molecule has 0 aliphatic heterocycles. The van der Waals surface area contributed by atoms with Gasteiger partial charge in [0, 0.05) is 12.7 Å². The first-order valence-electron chi connectivity index (χ1n) is 5.49. The van der Waals surface area contributed by atoms with E-state index >= 15 is 0 Å². The normalized spacial score (nSPS) is 11.3. The average molecular weight is 240 g/mol. The Bertz CT molecular complexity index is 419. The van der Waals surface area contributed by atoms with E-state index in [1.807, 2.05) is 20.8 Å². The van der Waals surface area contributed by atoms with Crippen molar-refractivity contribution in [1.82, 2.24) is 4.98 Å². The molecule has 0 saturated carbocycles. The van der Waals surface area contributed by atoms with Crippen LogP contribution in [0.4, 0.5) is 10.2 Å². The first kappa shape index (κ1) is 13.4.